The quantitative estimate of drug-likeness (QED) is 0.920. The highest BCUT2D eigenvalue weighted by molar-refractivity contribution is 5.37. The Morgan fingerprint density at radius 1 is 1.11 bits per heavy atom. The minimum atomic E-state index is -1.65. The zero-order valence-electron chi connectivity index (χ0n) is 10.4. The van der Waals surface area contributed by atoms with Gasteiger partial charge in [0.05, 0.1) is 6.61 Å². The summed E-state index contributed by atoms with van der Waals surface area (Å²) in [5.74, 6) is -1.49. The first kappa shape index (κ1) is 13.6. The molecule has 0 heterocycles. The third-order valence-electron chi connectivity index (χ3n) is 2.98. The Kier molecular flexibility index (Phi) is 3.93. The van der Waals surface area contributed by atoms with Crippen LogP contribution in [-0.2, 0) is 10.3 Å². The van der Waals surface area contributed by atoms with E-state index in [4.69, 9.17) is 4.74 Å². The molecule has 19 heavy (non-hydrogen) atoms. The first-order chi connectivity index (χ1) is 9.08. The fourth-order valence-electron chi connectivity index (χ4n) is 2.06. The van der Waals surface area contributed by atoms with Gasteiger partial charge in [0.2, 0.25) is 0 Å². The van der Waals surface area contributed by atoms with Crippen LogP contribution in [0.25, 0.3) is 0 Å². The average molecular weight is 264 g/mol. The highest BCUT2D eigenvalue weighted by Crippen LogP contribution is 2.31. The van der Waals surface area contributed by atoms with Crippen molar-refractivity contribution in [3.05, 3.63) is 71.3 Å². The molecule has 2 aromatic carbocycles. The molecule has 0 aliphatic rings. The van der Waals surface area contributed by atoms with Gasteiger partial charge in [0.25, 0.3) is 0 Å². The second-order valence-corrected chi connectivity index (χ2v) is 4.28. The SMILES string of the molecule is COCC(O)(c1ccccc1)c1ccc(F)cc1F. The van der Waals surface area contributed by atoms with E-state index in [1.54, 1.807) is 30.3 Å². The Morgan fingerprint density at radius 2 is 1.79 bits per heavy atom. The van der Waals surface area contributed by atoms with E-state index in [1.807, 2.05) is 0 Å². The summed E-state index contributed by atoms with van der Waals surface area (Å²) in [5, 5.41) is 10.7. The number of hydrogen-bond acceptors (Lipinski definition) is 2. The number of hydrogen-bond donors (Lipinski definition) is 1. The average Bonchev–Trinajstić information content (AvgIpc) is 2.39. The van der Waals surface area contributed by atoms with Crippen LogP contribution in [0, 0.1) is 11.6 Å². The van der Waals surface area contributed by atoms with Gasteiger partial charge in [0, 0.05) is 18.7 Å². The predicted molar refractivity (Wildman–Crippen MR) is 67.7 cm³/mol. The second-order valence-electron chi connectivity index (χ2n) is 4.28. The highest BCUT2D eigenvalue weighted by atomic mass is 19.1. The van der Waals surface area contributed by atoms with Gasteiger partial charge in [-0.25, -0.2) is 8.78 Å². The first-order valence-corrected chi connectivity index (χ1v) is 5.80. The summed E-state index contributed by atoms with van der Waals surface area (Å²) < 4.78 is 31.9. The lowest BCUT2D eigenvalue weighted by Gasteiger charge is -2.28. The van der Waals surface area contributed by atoms with Crippen molar-refractivity contribution in [3.8, 4) is 0 Å². The van der Waals surface area contributed by atoms with Gasteiger partial charge >= 0.3 is 0 Å². The van der Waals surface area contributed by atoms with Crippen molar-refractivity contribution in [1.82, 2.24) is 0 Å². The normalized spacial score (nSPS) is 14.1. The minimum Gasteiger partial charge on any atom is -0.381 e. The van der Waals surface area contributed by atoms with Crippen LogP contribution in [0.1, 0.15) is 11.1 Å². The number of aliphatic hydroxyl groups is 1. The fraction of sp³-hybridized carbons (Fsp3) is 0.200. The van der Waals surface area contributed by atoms with Crippen LogP contribution in [0.2, 0.25) is 0 Å². The fourth-order valence-corrected chi connectivity index (χ4v) is 2.06. The summed E-state index contributed by atoms with van der Waals surface area (Å²) in [5.41, 5.74) is -1.17. The molecule has 0 saturated carbocycles. The van der Waals surface area contributed by atoms with Crippen LogP contribution in [0.4, 0.5) is 8.78 Å². The smallest absolute Gasteiger partial charge is 0.141 e. The molecule has 0 radical (unpaired) electrons. The van der Waals surface area contributed by atoms with Gasteiger partial charge in [-0.15, -0.1) is 0 Å². The zero-order valence-corrected chi connectivity index (χ0v) is 10.4. The van der Waals surface area contributed by atoms with E-state index < -0.39 is 17.2 Å². The molecule has 1 atom stereocenters. The van der Waals surface area contributed by atoms with Crippen molar-refractivity contribution in [2.24, 2.45) is 0 Å². The molecule has 0 spiro atoms. The third kappa shape index (κ3) is 2.64. The molecule has 2 nitrogen and oxygen atoms in total. The summed E-state index contributed by atoms with van der Waals surface area (Å²) in [6.45, 7) is -0.125. The van der Waals surface area contributed by atoms with Crippen LogP contribution in [0.15, 0.2) is 48.5 Å². The molecule has 0 aliphatic heterocycles. The lowest BCUT2D eigenvalue weighted by Crippen LogP contribution is -2.33. The van der Waals surface area contributed by atoms with E-state index in [1.165, 1.54) is 13.2 Å². The Labute approximate surface area is 110 Å². The van der Waals surface area contributed by atoms with Crippen LogP contribution in [0.5, 0.6) is 0 Å². The molecule has 0 aromatic heterocycles. The maximum absolute atomic E-state index is 13.9. The lowest BCUT2D eigenvalue weighted by molar-refractivity contribution is -0.00575. The Balaban J connectivity index is 2.56. The van der Waals surface area contributed by atoms with Gasteiger partial charge in [-0.2, -0.15) is 0 Å². The van der Waals surface area contributed by atoms with Crippen molar-refractivity contribution in [2.75, 3.05) is 13.7 Å². The number of methoxy groups -OCH3 is 1. The van der Waals surface area contributed by atoms with E-state index in [9.17, 15) is 13.9 Å². The molecule has 0 aliphatic carbocycles. The summed E-state index contributed by atoms with van der Waals surface area (Å²) in [6.07, 6.45) is 0. The molecule has 0 bridgehead atoms. The largest absolute Gasteiger partial charge is 0.381 e. The number of benzene rings is 2. The Hall–Kier alpha value is -1.78. The lowest BCUT2D eigenvalue weighted by atomic mass is 9.86. The van der Waals surface area contributed by atoms with E-state index in [2.05, 4.69) is 0 Å². The van der Waals surface area contributed by atoms with E-state index in [0.29, 0.717) is 5.56 Å². The summed E-state index contributed by atoms with van der Waals surface area (Å²) in [4.78, 5) is 0. The molecule has 0 saturated heterocycles. The topological polar surface area (TPSA) is 29.5 Å². The van der Waals surface area contributed by atoms with Crippen molar-refractivity contribution < 1.29 is 18.6 Å². The van der Waals surface area contributed by atoms with Gasteiger partial charge in [0.15, 0.2) is 0 Å². The molecule has 0 amide bonds. The first-order valence-electron chi connectivity index (χ1n) is 5.80. The van der Waals surface area contributed by atoms with Crippen LogP contribution >= 0.6 is 0 Å². The van der Waals surface area contributed by atoms with Crippen LogP contribution < -0.4 is 0 Å². The number of halogens is 2. The van der Waals surface area contributed by atoms with Crippen molar-refractivity contribution in [2.45, 2.75) is 5.60 Å². The van der Waals surface area contributed by atoms with Crippen molar-refractivity contribution >= 4 is 0 Å². The van der Waals surface area contributed by atoms with Crippen molar-refractivity contribution in [3.63, 3.8) is 0 Å². The van der Waals surface area contributed by atoms with E-state index in [0.717, 1.165) is 12.1 Å². The molecule has 2 rings (SSSR count). The van der Waals surface area contributed by atoms with Gasteiger partial charge in [-0.3, -0.25) is 0 Å². The molecular formula is C15H14F2O2. The molecule has 0 fully saturated rings. The molecule has 4 heteroatoms. The number of rotatable bonds is 4. The molecule has 1 unspecified atom stereocenters. The van der Waals surface area contributed by atoms with Gasteiger partial charge < -0.3 is 9.84 Å². The zero-order chi connectivity index (χ0) is 13.9. The van der Waals surface area contributed by atoms with Crippen LogP contribution in [0.3, 0.4) is 0 Å². The maximum atomic E-state index is 13.9. The third-order valence-corrected chi connectivity index (χ3v) is 2.98. The molecule has 1 N–H and O–H groups in total. The number of ether oxygens (including phenoxy) is 1. The summed E-state index contributed by atoms with van der Waals surface area (Å²) in [6, 6.07) is 11.7. The monoisotopic (exact) mass is 264 g/mol. The highest BCUT2D eigenvalue weighted by Gasteiger charge is 2.34. The molecule has 2 aromatic rings. The predicted octanol–water partition coefficient (Wildman–Crippen LogP) is 2.85. The van der Waals surface area contributed by atoms with Crippen molar-refractivity contribution in [1.29, 1.82) is 0 Å². The van der Waals surface area contributed by atoms with E-state index >= 15 is 0 Å². The Morgan fingerprint density at radius 3 is 2.37 bits per heavy atom. The van der Waals surface area contributed by atoms with E-state index in [-0.39, 0.29) is 12.2 Å². The van der Waals surface area contributed by atoms with Gasteiger partial charge in [0.1, 0.15) is 17.2 Å². The van der Waals surface area contributed by atoms with Gasteiger partial charge in [-0.05, 0) is 17.7 Å². The molecule has 100 valence electrons. The maximum Gasteiger partial charge on any atom is 0.141 e. The second kappa shape index (κ2) is 5.47. The summed E-state index contributed by atoms with van der Waals surface area (Å²) >= 11 is 0. The van der Waals surface area contributed by atoms with Crippen LogP contribution in [-0.4, -0.2) is 18.8 Å². The standard InChI is InChI=1S/C15H14F2O2/c1-19-10-15(18,11-5-3-2-4-6-11)13-8-7-12(16)9-14(13)17/h2-9,18H,10H2,1H3. The Bertz CT molecular complexity index is 557. The minimum absolute atomic E-state index is 0.0121. The van der Waals surface area contributed by atoms with Gasteiger partial charge in [-0.1, -0.05) is 30.3 Å². The summed E-state index contributed by atoms with van der Waals surface area (Å²) in [7, 11) is 1.41. The molecular weight excluding hydrogens is 250 g/mol.